The first-order chi connectivity index (χ1) is 14.1. The summed E-state index contributed by atoms with van der Waals surface area (Å²) in [5, 5.41) is 3.00. The second kappa shape index (κ2) is 10.2. The molecule has 2 amide bonds. The van der Waals surface area contributed by atoms with Crippen molar-refractivity contribution in [1.82, 2.24) is 4.90 Å². The van der Waals surface area contributed by atoms with Gasteiger partial charge in [-0.3, -0.25) is 14.5 Å². The molecule has 8 heteroatoms. The molecule has 1 aliphatic heterocycles. The highest BCUT2D eigenvalue weighted by molar-refractivity contribution is 7.99. The zero-order chi connectivity index (χ0) is 20.6. The average Bonchev–Trinajstić information content (AvgIpc) is 2.74. The van der Waals surface area contributed by atoms with Gasteiger partial charge in [-0.15, -0.1) is 0 Å². The van der Waals surface area contributed by atoms with E-state index in [2.05, 4.69) is 10.2 Å². The van der Waals surface area contributed by atoms with Gasteiger partial charge in [-0.05, 0) is 29.8 Å². The van der Waals surface area contributed by atoms with Crippen LogP contribution in [0.15, 0.2) is 42.5 Å². The number of hydrogen-bond donors (Lipinski definition) is 2. The van der Waals surface area contributed by atoms with Crippen LogP contribution in [0.1, 0.15) is 15.9 Å². The molecule has 0 aromatic heterocycles. The number of carbonyl (C=O) groups is 2. The highest BCUT2D eigenvalue weighted by Crippen LogP contribution is 2.29. The van der Waals surface area contributed by atoms with E-state index in [0.29, 0.717) is 17.1 Å². The fourth-order valence-corrected chi connectivity index (χ4v) is 4.03. The monoisotopic (exact) mass is 415 g/mol. The molecule has 154 valence electrons. The summed E-state index contributed by atoms with van der Waals surface area (Å²) in [6.07, 6.45) is 0. The van der Waals surface area contributed by atoms with Crippen molar-refractivity contribution in [3.05, 3.63) is 53.6 Å². The SMILES string of the molecule is COc1cc(C(=O)Nc2ccccc2CN2CCSCC2)ccc1OCC(N)=O. The molecule has 7 nitrogen and oxygen atoms in total. The highest BCUT2D eigenvalue weighted by atomic mass is 32.2. The van der Waals surface area contributed by atoms with E-state index < -0.39 is 5.91 Å². The molecule has 0 radical (unpaired) electrons. The van der Waals surface area contributed by atoms with E-state index in [4.69, 9.17) is 15.2 Å². The van der Waals surface area contributed by atoms with Crippen LogP contribution in [0.4, 0.5) is 5.69 Å². The van der Waals surface area contributed by atoms with Crippen molar-refractivity contribution >= 4 is 29.3 Å². The lowest BCUT2D eigenvalue weighted by molar-refractivity contribution is -0.119. The predicted molar refractivity (Wildman–Crippen MR) is 115 cm³/mol. The Morgan fingerprint density at radius 2 is 1.90 bits per heavy atom. The van der Waals surface area contributed by atoms with Crippen molar-refractivity contribution in [3.8, 4) is 11.5 Å². The lowest BCUT2D eigenvalue weighted by atomic mass is 10.1. The predicted octanol–water partition coefficient (Wildman–Crippen LogP) is 2.36. The molecule has 0 aliphatic carbocycles. The normalized spacial score (nSPS) is 14.2. The van der Waals surface area contributed by atoms with Crippen LogP contribution in [0.3, 0.4) is 0 Å². The third-order valence-electron chi connectivity index (χ3n) is 4.56. The van der Waals surface area contributed by atoms with Gasteiger partial charge in [0, 0.05) is 42.4 Å². The number of nitrogens with one attached hydrogen (secondary N) is 1. The van der Waals surface area contributed by atoms with E-state index in [1.54, 1.807) is 18.2 Å². The molecule has 1 fully saturated rings. The number of methoxy groups -OCH3 is 1. The molecule has 0 unspecified atom stereocenters. The molecule has 2 aromatic carbocycles. The number of primary amides is 1. The molecule has 0 atom stereocenters. The zero-order valence-electron chi connectivity index (χ0n) is 16.3. The summed E-state index contributed by atoms with van der Waals surface area (Å²) in [6, 6.07) is 12.6. The van der Waals surface area contributed by atoms with Gasteiger partial charge in [0.1, 0.15) is 0 Å². The van der Waals surface area contributed by atoms with Crippen molar-refractivity contribution < 1.29 is 19.1 Å². The van der Waals surface area contributed by atoms with E-state index in [9.17, 15) is 9.59 Å². The molecule has 2 aromatic rings. The van der Waals surface area contributed by atoms with Gasteiger partial charge < -0.3 is 20.5 Å². The maximum Gasteiger partial charge on any atom is 0.255 e. The van der Waals surface area contributed by atoms with E-state index in [1.165, 1.54) is 7.11 Å². The molecular formula is C21H25N3O4S. The molecule has 1 aliphatic rings. The maximum absolute atomic E-state index is 12.8. The number of carbonyl (C=O) groups excluding carboxylic acids is 2. The highest BCUT2D eigenvalue weighted by Gasteiger charge is 2.16. The fraction of sp³-hybridized carbons (Fsp3) is 0.333. The first-order valence-electron chi connectivity index (χ1n) is 9.35. The summed E-state index contributed by atoms with van der Waals surface area (Å²) < 4.78 is 10.6. The molecule has 0 bridgehead atoms. The number of para-hydroxylation sites is 1. The fourth-order valence-electron chi connectivity index (χ4n) is 3.05. The number of thioether (sulfide) groups is 1. The van der Waals surface area contributed by atoms with E-state index in [0.717, 1.165) is 42.4 Å². The van der Waals surface area contributed by atoms with Gasteiger partial charge >= 0.3 is 0 Å². The van der Waals surface area contributed by atoms with Gasteiger partial charge in [-0.25, -0.2) is 0 Å². The van der Waals surface area contributed by atoms with Crippen molar-refractivity contribution in [2.75, 3.05) is 43.6 Å². The van der Waals surface area contributed by atoms with Crippen LogP contribution in [-0.2, 0) is 11.3 Å². The standard InChI is InChI=1S/C21H25N3O4S/c1-27-19-12-15(6-7-18(19)28-14-20(22)25)21(26)23-17-5-3-2-4-16(17)13-24-8-10-29-11-9-24/h2-7,12H,8-11,13-14H2,1H3,(H2,22,25)(H,23,26). The Morgan fingerprint density at radius 3 is 2.62 bits per heavy atom. The van der Waals surface area contributed by atoms with Crippen LogP contribution < -0.4 is 20.5 Å². The Bertz CT molecular complexity index is 869. The van der Waals surface area contributed by atoms with Gasteiger partial charge in [-0.2, -0.15) is 11.8 Å². The minimum atomic E-state index is -0.585. The number of anilines is 1. The average molecular weight is 416 g/mol. The van der Waals surface area contributed by atoms with Crippen molar-refractivity contribution in [3.63, 3.8) is 0 Å². The number of benzene rings is 2. The third kappa shape index (κ3) is 5.88. The van der Waals surface area contributed by atoms with Crippen LogP contribution in [-0.4, -0.2) is 55.0 Å². The first-order valence-corrected chi connectivity index (χ1v) is 10.5. The number of nitrogens with two attached hydrogens (primary N) is 1. The van der Waals surface area contributed by atoms with Crippen molar-refractivity contribution in [1.29, 1.82) is 0 Å². The Hall–Kier alpha value is -2.71. The molecule has 0 spiro atoms. The van der Waals surface area contributed by atoms with Gasteiger partial charge in [0.25, 0.3) is 11.8 Å². The van der Waals surface area contributed by atoms with Crippen LogP contribution in [0.25, 0.3) is 0 Å². The van der Waals surface area contributed by atoms with Crippen molar-refractivity contribution in [2.24, 2.45) is 5.73 Å². The number of amides is 2. The molecular weight excluding hydrogens is 390 g/mol. The quantitative estimate of drug-likeness (QED) is 0.687. The van der Waals surface area contributed by atoms with Crippen LogP contribution >= 0.6 is 11.8 Å². The number of ether oxygens (including phenoxy) is 2. The van der Waals surface area contributed by atoms with Crippen LogP contribution in [0.2, 0.25) is 0 Å². The van der Waals surface area contributed by atoms with Crippen LogP contribution in [0, 0.1) is 0 Å². The Balaban J connectivity index is 1.72. The van der Waals surface area contributed by atoms with Gasteiger partial charge in [0.05, 0.1) is 7.11 Å². The summed E-state index contributed by atoms with van der Waals surface area (Å²) >= 11 is 1.97. The summed E-state index contributed by atoms with van der Waals surface area (Å²) in [7, 11) is 1.47. The largest absolute Gasteiger partial charge is 0.493 e. The first kappa shape index (κ1) is 21.0. The van der Waals surface area contributed by atoms with E-state index in [-0.39, 0.29) is 12.5 Å². The van der Waals surface area contributed by atoms with E-state index >= 15 is 0 Å². The maximum atomic E-state index is 12.8. The molecule has 3 rings (SSSR count). The third-order valence-corrected chi connectivity index (χ3v) is 5.50. The minimum absolute atomic E-state index is 0.244. The van der Waals surface area contributed by atoms with Gasteiger partial charge in [0.15, 0.2) is 18.1 Å². The lowest BCUT2D eigenvalue weighted by Crippen LogP contribution is -2.32. The number of rotatable bonds is 8. The lowest BCUT2D eigenvalue weighted by Gasteiger charge is -2.27. The molecule has 0 saturated carbocycles. The molecule has 1 saturated heterocycles. The minimum Gasteiger partial charge on any atom is -0.493 e. The summed E-state index contributed by atoms with van der Waals surface area (Å²) in [6.45, 7) is 2.65. The molecule has 29 heavy (non-hydrogen) atoms. The van der Waals surface area contributed by atoms with Crippen molar-refractivity contribution in [2.45, 2.75) is 6.54 Å². The summed E-state index contributed by atoms with van der Waals surface area (Å²) in [5.41, 5.74) is 7.41. The Labute approximate surface area is 174 Å². The Morgan fingerprint density at radius 1 is 1.14 bits per heavy atom. The topological polar surface area (TPSA) is 93.9 Å². The number of nitrogens with zero attached hydrogens (tertiary/aromatic N) is 1. The molecule has 3 N–H and O–H groups in total. The smallest absolute Gasteiger partial charge is 0.255 e. The van der Waals surface area contributed by atoms with Gasteiger partial charge in [-0.1, -0.05) is 18.2 Å². The zero-order valence-corrected chi connectivity index (χ0v) is 17.2. The Kier molecular flexibility index (Phi) is 7.37. The molecule has 1 heterocycles. The summed E-state index contributed by atoms with van der Waals surface area (Å²) in [5.74, 6) is 2.16. The summed E-state index contributed by atoms with van der Waals surface area (Å²) in [4.78, 5) is 26.1. The second-order valence-electron chi connectivity index (χ2n) is 6.62. The number of hydrogen-bond acceptors (Lipinski definition) is 6. The second-order valence-corrected chi connectivity index (χ2v) is 7.85. The van der Waals surface area contributed by atoms with Gasteiger partial charge in [0.2, 0.25) is 0 Å². The van der Waals surface area contributed by atoms with Crippen LogP contribution in [0.5, 0.6) is 11.5 Å². The van der Waals surface area contributed by atoms with E-state index in [1.807, 2.05) is 36.0 Å².